The highest BCUT2D eigenvalue weighted by atomic mass is 19.1. The quantitative estimate of drug-likeness (QED) is 0.471. The van der Waals surface area contributed by atoms with Crippen LogP contribution in [0.3, 0.4) is 0 Å². The summed E-state index contributed by atoms with van der Waals surface area (Å²) in [6.45, 7) is 9.12. The topological polar surface area (TPSA) is 55.2 Å². The van der Waals surface area contributed by atoms with Gasteiger partial charge in [-0.05, 0) is 63.4 Å². The Bertz CT molecular complexity index is 1200. The Labute approximate surface area is 204 Å². The Morgan fingerprint density at radius 2 is 1.91 bits per heavy atom. The molecule has 35 heavy (non-hydrogen) atoms. The van der Waals surface area contributed by atoms with Gasteiger partial charge in [-0.2, -0.15) is 9.49 Å². The maximum atomic E-state index is 15.0. The van der Waals surface area contributed by atoms with Gasteiger partial charge in [0.25, 0.3) is 0 Å². The Kier molecular flexibility index (Phi) is 7.19. The van der Waals surface area contributed by atoms with Gasteiger partial charge >= 0.3 is 0 Å². The number of benzene rings is 1. The Morgan fingerprint density at radius 3 is 2.63 bits per heavy atom. The number of ether oxygens (including phenoxy) is 1. The fourth-order valence-corrected chi connectivity index (χ4v) is 4.43. The number of methoxy groups -OCH3 is 1. The van der Waals surface area contributed by atoms with Crippen molar-refractivity contribution in [2.75, 3.05) is 32.1 Å². The first-order valence-electron chi connectivity index (χ1n) is 11.7. The number of piperidine rings is 1. The lowest BCUT2D eigenvalue weighted by atomic mass is 10.00. The van der Waals surface area contributed by atoms with E-state index in [4.69, 9.17) is 4.74 Å². The lowest BCUT2D eigenvalue weighted by Crippen LogP contribution is -2.51. The molecule has 188 valence electrons. The van der Waals surface area contributed by atoms with Crippen LogP contribution < -0.4 is 5.32 Å². The second-order valence-electron chi connectivity index (χ2n) is 9.88. The average molecular weight is 488 g/mol. The number of rotatable bonds is 7. The molecule has 4 rings (SSSR count). The van der Waals surface area contributed by atoms with Crippen LogP contribution in [0.1, 0.15) is 31.4 Å². The molecule has 0 radical (unpaired) electrons. The number of nitrogens with one attached hydrogen (secondary N) is 1. The molecule has 2 atom stereocenters. The van der Waals surface area contributed by atoms with Crippen LogP contribution >= 0.6 is 0 Å². The number of aromatic nitrogens is 3. The summed E-state index contributed by atoms with van der Waals surface area (Å²) in [5.74, 6) is -0.928. The van der Waals surface area contributed by atoms with Crippen LogP contribution in [0.4, 0.5) is 18.9 Å². The second-order valence-corrected chi connectivity index (χ2v) is 9.88. The van der Waals surface area contributed by atoms with E-state index in [1.807, 2.05) is 13.8 Å². The average Bonchev–Trinajstić information content (AvgIpc) is 3.29. The monoisotopic (exact) mass is 487 g/mol. The number of halogens is 3. The largest absolute Gasteiger partial charge is 0.378 e. The van der Waals surface area contributed by atoms with E-state index in [0.717, 1.165) is 6.54 Å². The molecular formula is C26H32F3N5O. The number of hydrogen-bond donors (Lipinski definition) is 1. The van der Waals surface area contributed by atoms with Gasteiger partial charge in [-0.1, -0.05) is 0 Å². The smallest absolute Gasteiger partial charge is 0.220 e. The van der Waals surface area contributed by atoms with Gasteiger partial charge in [-0.25, -0.2) is 18.4 Å². The van der Waals surface area contributed by atoms with E-state index in [0.29, 0.717) is 47.6 Å². The van der Waals surface area contributed by atoms with Crippen molar-refractivity contribution in [3.05, 3.63) is 59.7 Å². The predicted molar refractivity (Wildman–Crippen MR) is 131 cm³/mol. The number of aryl methyl sites for hydroxylation is 2. The summed E-state index contributed by atoms with van der Waals surface area (Å²) in [5.41, 5.74) is 2.90. The zero-order valence-electron chi connectivity index (χ0n) is 20.8. The van der Waals surface area contributed by atoms with Crippen molar-refractivity contribution in [3.8, 4) is 16.8 Å². The molecule has 0 bridgehead atoms. The van der Waals surface area contributed by atoms with Gasteiger partial charge in [-0.3, -0.25) is 4.90 Å². The van der Waals surface area contributed by atoms with E-state index in [2.05, 4.69) is 20.3 Å². The van der Waals surface area contributed by atoms with Crippen LogP contribution in [0.25, 0.3) is 16.8 Å². The minimum atomic E-state index is -1.09. The van der Waals surface area contributed by atoms with Gasteiger partial charge in [0.2, 0.25) is 5.95 Å². The summed E-state index contributed by atoms with van der Waals surface area (Å²) in [6, 6.07) is 4.38. The number of anilines is 1. The number of likely N-dealkylation sites (tertiary alicyclic amines) is 1. The molecule has 9 heteroatoms. The third-order valence-corrected chi connectivity index (χ3v) is 6.59. The molecule has 0 spiro atoms. The zero-order valence-corrected chi connectivity index (χ0v) is 20.8. The highest BCUT2D eigenvalue weighted by molar-refractivity contribution is 5.67. The van der Waals surface area contributed by atoms with Gasteiger partial charge in [-0.15, -0.1) is 0 Å². The summed E-state index contributed by atoms with van der Waals surface area (Å²) in [5, 5.41) is 7.54. The molecule has 1 aliphatic heterocycles. The standard InChI is InChI=1S/C26H32F3N5O/c1-16-9-24(17(2)8-21(16)27)34-13-18(11-31-34)20-10-19(12-30-25(20)29)32-23-6-7-33(14-22(23)28)15-26(3,4)35-5/h8-13,22-23,32H,6-7,14-15H2,1-5H3. The molecule has 2 unspecified atom stereocenters. The molecule has 3 heterocycles. The molecule has 3 aromatic rings. The van der Waals surface area contributed by atoms with Crippen molar-refractivity contribution < 1.29 is 17.9 Å². The van der Waals surface area contributed by atoms with Crippen LogP contribution in [-0.2, 0) is 4.74 Å². The summed E-state index contributed by atoms with van der Waals surface area (Å²) in [6.07, 6.45) is 4.11. The highest BCUT2D eigenvalue weighted by Gasteiger charge is 2.32. The van der Waals surface area contributed by atoms with E-state index in [1.54, 1.807) is 44.0 Å². The van der Waals surface area contributed by atoms with E-state index in [-0.39, 0.29) is 17.0 Å². The van der Waals surface area contributed by atoms with Crippen molar-refractivity contribution in [2.45, 2.75) is 51.9 Å². The number of nitrogens with zero attached hydrogens (tertiary/aromatic N) is 4. The maximum Gasteiger partial charge on any atom is 0.220 e. The first-order valence-corrected chi connectivity index (χ1v) is 11.7. The number of hydrogen-bond acceptors (Lipinski definition) is 5. The fourth-order valence-electron chi connectivity index (χ4n) is 4.43. The maximum absolute atomic E-state index is 15.0. The van der Waals surface area contributed by atoms with E-state index >= 15 is 0 Å². The van der Waals surface area contributed by atoms with E-state index < -0.39 is 18.2 Å². The van der Waals surface area contributed by atoms with Crippen LogP contribution in [0, 0.1) is 25.6 Å². The third-order valence-electron chi connectivity index (χ3n) is 6.59. The number of alkyl halides is 1. The first-order chi connectivity index (χ1) is 16.6. The molecule has 2 aromatic heterocycles. The van der Waals surface area contributed by atoms with Crippen molar-refractivity contribution in [3.63, 3.8) is 0 Å². The number of pyridine rings is 1. The summed E-state index contributed by atoms with van der Waals surface area (Å²) in [7, 11) is 1.66. The van der Waals surface area contributed by atoms with Crippen molar-refractivity contribution in [1.29, 1.82) is 0 Å². The van der Waals surface area contributed by atoms with Crippen molar-refractivity contribution in [1.82, 2.24) is 19.7 Å². The molecule has 0 saturated carbocycles. The molecule has 6 nitrogen and oxygen atoms in total. The van der Waals surface area contributed by atoms with Gasteiger partial charge < -0.3 is 10.1 Å². The minimum Gasteiger partial charge on any atom is -0.378 e. The molecule has 1 aliphatic rings. The normalized spacial score (nSPS) is 19.2. The van der Waals surface area contributed by atoms with Gasteiger partial charge in [0.1, 0.15) is 12.0 Å². The lowest BCUT2D eigenvalue weighted by molar-refractivity contribution is -0.0200. The van der Waals surface area contributed by atoms with Crippen LogP contribution in [0.5, 0.6) is 0 Å². The third kappa shape index (κ3) is 5.67. The van der Waals surface area contributed by atoms with E-state index in [1.165, 1.54) is 18.5 Å². The van der Waals surface area contributed by atoms with Gasteiger partial charge in [0.15, 0.2) is 0 Å². The van der Waals surface area contributed by atoms with Crippen molar-refractivity contribution >= 4 is 5.69 Å². The first kappa shape index (κ1) is 25.2. The molecule has 1 saturated heterocycles. The lowest BCUT2D eigenvalue weighted by Gasteiger charge is -2.39. The zero-order chi connectivity index (χ0) is 25.3. The second kappa shape index (κ2) is 9.99. The molecule has 1 N–H and O–H groups in total. The van der Waals surface area contributed by atoms with Crippen LogP contribution in [0.2, 0.25) is 0 Å². The highest BCUT2D eigenvalue weighted by Crippen LogP contribution is 2.28. The van der Waals surface area contributed by atoms with Gasteiger partial charge in [0.05, 0.1) is 35.4 Å². The summed E-state index contributed by atoms with van der Waals surface area (Å²) < 4.78 is 50.5. The SMILES string of the molecule is COC(C)(C)CN1CCC(Nc2cnc(F)c(-c3cnn(-c4cc(C)c(F)cc4C)c3)c2)C(F)C1. The Balaban J connectivity index is 1.49. The summed E-state index contributed by atoms with van der Waals surface area (Å²) >= 11 is 0. The summed E-state index contributed by atoms with van der Waals surface area (Å²) in [4.78, 5) is 5.94. The predicted octanol–water partition coefficient (Wildman–Crippen LogP) is 5.08. The molecule has 1 fully saturated rings. The Hall–Kier alpha value is -2.91. The van der Waals surface area contributed by atoms with Gasteiger partial charge in [0, 0.05) is 44.1 Å². The fraction of sp³-hybridized carbons (Fsp3) is 0.462. The van der Waals surface area contributed by atoms with Crippen molar-refractivity contribution in [2.24, 2.45) is 0 Å². The minimum absolute atomic E-state index is 0.257. The molecule has 0 amide bonds. The molecular weight excluding hydrogens is 455 g/mol. The Morgan fingerprint density at radius 1 is 1.14 bits per heavy atom. The van der Waals surface area contributed by atoms with Crippen LogP contribution in [0.15, 0.2) is 36.8 Å². The molecule has 1 aromatic carbocycles. The van der Waals surface area contributed by atoms with Crippen LogP contribution in [-0.4, -0.2) is 64.2 Å². The van der Waals surface area contributed by atoms with E-state index in [9.17, 15) is 13.2 Å². The molecule has 0 aliphatic carbocycles.